The van der Waals surface area contributed by atoms with E-state index in [1.54, 1.807) is 53.4 Å². The molecule has 0 saturated carbocycles. The van der Waals surface area contributed by atoms with Crippen LogP contribution in [0.25, 0.3) is 11.3 Å². The molecule has 4 aromatic rings. The molecule has 7 nitrogen and oxygen atoms in total. The van der Waals surface area contributed by atoms with E-state index in [4.69, 9.17) is 9.47 Å². The number of fused-ring (bicyclic) bond motifs is 2. The lowest BCUT2D eigenvalue weighted by molar-refractivity contribution is 0.0728. The quantitative estimate of drug-likeness (QED) is 0.488. The third-order valence-corrected chi connectivity index (χ3v) is 6.01. The number of carbonyl (C=O) groups excluding carboxylic acids is 1. The minimum Gasteiger partial charge on any atom is -0.507 e. The van der Waals surface area contributed by atoms with Gasteiger partial charge in [0.1, 0.15) is 23.0 Å². The van der Waals surface area contributed by atoms with Gasteiger partial charge in [0.2, 0.25) is 6.79 Å². The predicted octanol–water partition coefficient (Wildman–Crippen LogP) is 4.40. The van der Waals surface area contributed by atoms with Crippen LogP contribution >= 0.6 is 0 Å². The first-order valence-corrected chi connectivity index (χ1v) is 10.4. The van der Waals surface area contributed by atoms with E-state index in [1.807, 2.05) is 12.1 Å². The lowest BCUT2D eigenvalue weighted by Crippen LogP contribution is -2.29. The Balaban J connectivity index is 1.49. The number of ether oxygens (including phenoxy) is 2. The molecule has 2 aliphatic heterocycles. The van der Waals surface area contributed by atoms with Gasteiger partial charge in [-0.25, -0.2) is 4.39 Å². The lowest BCUT2D eigenvalue weighted by atomic mass is 9.95. The van der Waals surface area contributed by atoms with Crippen molar-refractivity contribution in [2.75, 3.05) is 6.79 Å². The summed E-state index contributed by atoms with van der Waals surface area (Å²) in [7, 11) is 0. The van der Waals surface area contributed by atoms with Crippen LogP contribution in [0.1, 0.15) is 33.2 Å². The maximum absolute atomic E-state index is 15.0. The third-order valence-electron chi connectivity index (χ3n) is 6.01. The fraction of sp³-hybridized carbons (Fsp3) is 0.120. The molecule has 0 radical (unpaired) electrons. The summed E-state index contributed by atoms with van der Waals surface area (Å²) >= 11 is 0. The van der Waals surface area contributed by atoms with Crippen molar-refractivity contribution < 1.29 is 23.8 Å². The normalized spacial score (nSPS) is 16.3. The van der Waals surface area contributed by atoms with Crippen LogP contribution in [0.15, 0.2) is 66.7 Å². The summed E-state index contributed by atoms with van der Waals surface area (Å²) in [5.41, 5.74) is 2.86. The van der Waals surface area contributed by atoms with Gasteiger partial charge in [0.15, 0.2) is 11.5 Å². The molecule has 3 heterocycles. The number of nitrogens with one attached hydrogen (secondary N) is 1. The number of aromatic nitrogens is 2. The average Bonchev–Trinajstić information content (AvgIpc) is 3.52. The highest BCUT2D eigenvalue weighted by molar-refractivity contribution is 6.00. The molecule has 3 aromatic carbocycles. The van der Waals surface area contributed by atoms with Gasteiger partial charge < -0.3 is 19.5 Å². The van der Waals surface area contributed by atoms with E-state index in [0.29, 0.717) is 33.9 Å². The Bertz CT molecular complexity index is 1400. The molecule has 0 fully saturated rings. The predicted molar refractivity (Wildman–Crippen MR) is 116 cm³/mol. The molecule has 164 valence electrons. The Kier molecular flexibility index (Phi) is 4.33. The minimum atomic E-state index is -0.729. The van der Waals surface area contributed by atoms with E-state index in [2.05, 4.69) is 10.2 Å². The van der Waals surface area contributed by atoms with Gasteiger partial charge in [-0.05, 0) is 35.9 Å². The Hall–Kier alpha value is -4.33. The minimum absolute atomic E-state index is 0.0285. The van der Waals surface area contributed by atoms with E-state index < -0.39 is 11.9 Å². The summed E-state index contributed by atoms with van der Waals surface area (Å²) < 4.78 is 25.9. The summed E-state index contributed by atoms with van der Waals surface area (Å²) in [5.74, 6) is 0.555. The molecule has 0 spiro atoms. The summed E-state index contributed by atoms with van der Waals surface area (Å²) in [6.07, 6.45) is 0. The summed E-state index contributed by atoms with van der Waals surface area (Å²) in [6, 6.07) is 17.9. The first-order chi connectivity index (χ1) is 16.1. The van der Waals surface area contributed by atoms with Crippen LogP contribution in [-0.4, -0.2) is 32.9 Å². The zero-order valence-corrected chi connectivity index (χ0v) is 17.3. The highest BCUT2D eigenvalue weighted by atomic mass is 19.1. The number of phenolic OH excluding ortho intramolecular Hbond substituents is 1. The first-order valence-electron chi connectivity index (χ1n) is 10.4. The lowest BCUT2D eigenvalue weighted by Gasteiger charge is -2.27. The Labute approximate surface area is 188 Å². The van der Waals surface area contributed by atoms with Crippen LogP contribution in [-0.2, 0) is 6.54 Å². The average molecular weight is 443 g/mol. The molecule has 1 amide bonds. The molecule has 1 aromatic heterocycles. The van der Waals surface area contributed by atoms with E-state index in [-0.39, 0.29) is 30.7 Å². The summed E-state index contributed by atoms with van der Waals surface area (Å²) in [4.78, 5) is 15.1. The molecule has 33 heavy (non-hydrogen) atoms. The van der Waals surface area contributed by atoms with Crippen LogP contribution in [0, 0.1) is 5.82 Å². The molecule has 8 heteroatoms. The zero-order valence-electron chi connectivity index (χ0n) is 17.3. The number of para-hydroxylation sites is 1. The van der Waals surface area contributed by atoms with E-state index in [9.17, 15) is 9.90 Å². The van der Waals surface area contributed by atoms with Crippen molar-refractivity contribution in [3.63, 3.8) is 0 Å². The summed E-state index contributed by atoms with van der Waals surface area (Å²) in [6.45, 7) is 0.372. The van der Waals surface area contributed by atoms with Crippen LogP contribution in [0.2, 0.25) is 0 Å². The van der Waals surface area contributed by atoms with Crippen molar-refractivity contribution in [3.8, 4) is 28.5 Å². The number of hydrogen-bond acceptors (Lipinski definition) is 5. The second-order valence-corrected chi connectivity index (χ2v) is 7.92. The number of benzene rings is 3. The number of aromatic amines is 1. The van der Waals surface area contributed by atoms with Gasteiger partial charge in [-0.1, -0.05) is 36.4 Å². The number of H-pyrrole nitrogens is 1. The first kappa shape index (κ1) is 19.4. The number of carbonyl (C=O) groups is 1. The molecular weight excluding hydrogens is 425 g/mol. The largest absolute Gasteiger partial charge is 0.507 e. The molecule has 0 bridgehead atoms. The fourth-order valence-electron chi connectivity index (χ4n) is 4.50. The maximum Gasteiger partial charge on any atom is 0.273 e. The topological polar surface area (TPSA) is 87.7 Å². The van der Waals surface area contributed by atoms with Crippen molar-refractivity contribution in [2.24, 2.45) is 0 Å². The Morgan fingerprint density at radius 1 is 1.06 bits per heavy atom. The smallest absolute Gasteiger partial charge is 0.273 e. The van der Waals surface area contributed by atoms with Crippen molar-refractivity contribution in [1.82, 2.24) is 15.1 Å². The Morgan fingerprint density at radius 2 is 1.85 bits per heavy atom. The van der Waals surface area contributed by atoms with Crippen LogP contribution in [0.5, 0.6) is 17.2 Å². The molecular formula is C25H18FN3O4. The highest BCUT2D eigenvalue weighted by Crippen LogP contribution is 2.46. The molecule has 2 aliphatic rings. The highest BCUT2D eigenvalue weighted by Gasteiger charge is 2.43. The van der Waals surface area contributed by atoms with Gasteiger partial charge in [0.25, 0.3) is 5.91 Å². The van der Waals surface area contributed by atoms with Gasteiger partial charge in [-0.3, -0.25) is 9.89 Å². The molecule has 2 N–H and O–H groups in total. The van der Waals surface area contributed by atoms with Crippen molar-refractivity contribution in [3.05, 3.63) is 94.9 Å². The number of rotatable bonds is 4. The van der Waals surface area contributed by atoms with E-state index in [0.717, 1.165) is 5.56 Å². The molecule has 1 unspecified atom stereocenters. The van der Waals surface area contributed by atoms with Crippen LogP contribution in [0.4, 0.5) is 4.39 Å². The van der Waals surface area contributed by atoms with Crippen molar-refractivity contribution in [1.29, 1.82) is 0 Å². The molecule has 6 rings (SSSR count). The maximum atomic E-state index is 15.0. The fourth-order valence-corrected chi connectivity index (χ4v) is 4.50. The molecule has 0 aliphatic carbocycles. The van der Waals surface area contributed by atoms with Crippen LogP contribution in [0.3, 0.4) is 0 Å². The standard InChI is InChI=1S/C25H18FN3O4/c26-17-7-3-1-5-15(17)24-21-22(16-6-2-4-8-18(16)30)27-28-23(21)25(31)29(24)12-14-9-10-19-20(11-14)33-13-32-19/h1-11,24,30H,12-13H2,(H,27,28). The number of amides is 1. The molecule has 0 saturated heterocycles. The van der Waals surface area contributed by atoms with Gasteiger partial charge in [-0.2, -0.15) is 5.10 Å². The number of hydrogen-bond donors (Lipinski definition) is 2. The SMILES string of the molecule is O=C1c2[nH]nc(-c3ccccc3O)c2C(c2ccccc2F)N1Cc1ccc2c(c1)OCO2. The van der Waals surface area contributed by atoms with Gasteiger partial charge in [0.05, 0.1) is 6.04 Å². The van der Waals surface area contributed by atoms with E-state index >= 15 is 4.39 Å². The number of halogens is 1. The summed E-state index contributed by atoms with van der Waals surface area (Å²) in [5, 5.41) is 17.6. The monoisotopic (exact) mass is 443 g/mol. The number of aromatic hydroxyl groups is 1. The van der Waals surface area contributed by atoms with Gasteiger partial charge in [-0.15, -0.1) is 0 Å². The molecule has 1 atom stereocenters. The Morgan fingerprint density at radius 3 is 2.70 bits per heavy atom. The number of phenols is 1. The second-order valence-electron chi connectivity index (χ2n) is 7.92. The van der Waals surface area contributed by atoms with Crippen molar-refractivity contribution >= 4 is 5.91 Å². The van der Waals surface area contributed by atoms with E-state index in [1.165, 1.54) is 6.07 Å². The zero-order chi connectivity index (χ0) is 22.5. The third kappa shape index (κ3) is 3.02. The second kappa shape index (κ2) is 7.37. The number of nitrogens with zero attached hydrogens (tertiary/aromatic N) is 2. The van der Waals surface area contributed by atoms with Gasteiger partial charge >= 0.3 is 0 Å². The van der Waals surface area contributed by atoms with Crippen molar-refractivity contribution in [2.45, 2.75) is 12.6 Å². The van der Waals surface area contributed by atoms with Gasteiger partial charge in [0, 0.05) is 23.2 Å². The van der Waals surface area contributed by atoms with Crippen LogP contribution < -0.4 is 9.47 Å².